The van der Waals surface area contributed by atoms with E-state index in [1.165, 1.54) is 5.01 Å². The second-order valence-corrected chi connectivity index (χ2v) is 5.16. The number of carbonyl (C=O) groups is 2. The van der Waals surface area contributed by atoms with Crippen LogP contribution >= 0.6 is 11.3 Å². The largest absolute Gasteiger partial charge is 0.339 e. The fourth-order valence-electron chi connectivity index (χ4n) is 1.74. The Hall–Kier alpha value is -1.63. The minimum absolute atomic E-state index is 0.144. The van der Waals surface area contributed by atoms with E-state index in [2.05, 4.69) is 10.4 Å². The number of hydrogen-bond acceptors (Lipinski definition) is 4. The molecule has 0 aromatic carbocycles. The van der Waals surface area contributed by atoms with Crippen molar-refractivity contribution in [2.45, 2.75) is 26.8 Å². The first-order valence-electron chi connectivity index (χ1n) is 5.87. The summed E-state index contributed by atoms with van der Waals surface area (Å²) in [5.41, 5.74) is 3.48. The summed E-state index contributed by atoms with van der Waals surface area (Å²) >= 11 is 1.57. The van der Waals surface area contributed by atoms with Gasteiger partial charge < -0.3 is 4.90 Å². The predicted molar refractivity (Wildman–Crippen MR) is 67.8 cm³/mol. The summed E-state index contributed by atoms with van der Waals surface area (Å²) < 4.78 is 0. The van der Waals surface area contributed by atoms with Gasteiger partial charge in [-0.05, 0) is 6.92 Å². The molecule has 18 heavy (non-hydrogen) atoms. The van der Waals surface area contributed by atoms with Crippen LogP contribution < -0.4 is 5.43 Å². The molecule has 1 aromatic rings. The van der Waals surface area contributed by atoms with Crippen LogP contribution in [-0.4, -0.2) is 39.9 Å². The van der Waals surface area contributed by atoms with Crippen molar-refractivity contribution >= 4 is 23.3 Å². The van der Waals surface area contributed by atoms with Crippen LogP contribution in [-0.2, 0) is 11.3 Å². The summed E-state index contributed by atoms with van der Waals surface area (Å²) in [6.45, 7) is 5.33. The smallest absolute Gasteiger partial charge is 0.315 e. The molecule has 1 fully saturated rings. The van der Waals surface area contributed by atoms with Crippen LogP contribution in [0.4, 0.5) is 4.79 Å². The summed E-state index contributed by atoms with van der Waals surface area (Å²) in [7, 11) is 0. The molecule has 0 radical (unpaired) electrons. The third-order valence-corrected chi connectivity index (χ3v) is 3.52. The number of hydrogen-bond donors (Lipinski definition) is 1. The van der Waals surface area contributed by atoms with Gasteiger partial charge in [0.15, 0.2) is 0 Å². The van der Waals surface area contributed by atoms with Crippen LogP contribution in [0.5, 0.6) is 0 Å². The van der Waals surface area contributed by atoms with Crippen molar-refractivity contribution in [1.29, 1.82) is 0 Å². The van der Waals surface area contributed by atoms with Crippen LogP contribution in [0, 0.1) is 6.92 Å². The first-order chi connectivity index (χ1) is 8.60. The molecule has 0 aliphatic carbocycles. The third kappa shape index (κ3) is 2.79. The minimum atomic E-state index is -0.164. The number of amides is 3. The maximum atomic E-state index is 12.0. The topological polar surface area (TPSA) is 65.5 Å². The Kier molecular flexibility index (Phi) is 3.81. The quantitative estimate of drug-likeness (QED) is 0.890. The van der Waals surface area contributed by atoms with E-state index < -0.39 is 0 Å². The van der Waals surface area contributed by atoms with Crippen molar-refractivity contribution in [1.82, 2.24) is 20.3 Å². The molecule has 98 valence electrons. The van der Waals surface area contributed by atoms with Crippen LogP contribution in [0.15, 0.2) is 5.38 Å². The number of carbonyl (C=O) groups excluding carboxylic acids is 2. The van der Waals surface area contributed by atoms with E-state index in [1.807, 2.05) is 12.3 Å². The highest BCUT2D eigenvalue weighted by atomic mass is 32.1. The average molecular weight is 268 g/mol. The molecule has 0 atom stereocenters. The van der Waals surface area contributed by atoms with Crippen molar-refractivity contribution in [2.75, 3.05) is 13.1 Å². The van der Waals surface area contributed by atoms with Crippen molar-refractivity contribution < 1.29 is 9.59 Å². The predicted octanol–water partition coefficient (Wildman–Crippen LogP) is 1.13. The highest BCUT2D eigenvalue weighted by Crippen LogP contribution is 2.14. The molecule has 1 N–H and O–H groups in total. The first-order valence-corrected chi connectivity index (χ1v) is 6.75. The lowest BCUT2D eigenvalue weighted by molar-refractivity contribution is -0.124. The molecular weight excluding hydrogens is 252 g/mol. The molecule has 1 aliphatic heterocycles. The highest BCUT2D eigenvalue weighted by molar-refractivity contribution is 7.09. The molecule has 2 heterocycles. The number of aromatic nitrogens is 1. The Balaban J connectivity index is 1.93. The van der Waals surface area contributed by atoms with Crippen molar-refractivity contribution in [3.05, 3.63) is 16.1 Å². The standard InChI is InChI=1S/C11H16N4O2S/c1-3-10(16)13-15-5-4-14(11(15)17)6-9-7-18-8(2)12-9/h7H,3-6H2,1-2H3,(H,13,16). The number of rotatable bonds is 4. The molecule has 0 spiro atoms. The molecule has 0 unspecified atom stereocenters. The summed E-state index contributed by atoms with van der Waals surface area (Å²) in [5, 5.41) is 4.31. The maximum Gasteiger partial charge on any atom is 0.339 e. The number of thiazole rings is 1. The van der Waals surface area contributed by atoms with Crippen LogP contribution in [0.1, 0.15) is 24.0 Å². The second-order valence-electron chi connectivity index (χ2n) is 4.10. The number of urea groups is 1. The van der Waals surface area contributed by atoms with E-state index >= 15 is 0 Å². The van der Waals surface area contributed by atoms with Gasteiger partial charge >= 0.3 is 6.03 Å². The van der Waals surface area contributed by atoms with Crippen LogP contribution in [0.2, 0.25) is 0 Å². The van der Waals surface area contributed by atoms with E-state index in [1.54, 1.807) is 23.2 Å². The van der Waals surface area contributed by atoms with E-state index in [0.29, 0.717) is 26.1 Å². The fraction of sp³-hybridized carbons (Fsp3) is 0.545. The zero-order chi connectivity index (χ0) is 13.1. The van der Waals surface area contributed by atoms with Crippen molar-refractivity contribution in [2.24, 2.45) is 0 Å². The zero-order valence-electron chi connectivity index (χ0n) is 10.5. The molecule has 1 aliphatic rings. The minimum Gasteiger partial charge on any atom is -0.315 e. The van der Waals surface area contributed by atoms with Gasteiger partial charge in [-0.1, -0.05) is 6.92 Å². The van der Waals surface area contributed by atoms with Gasteiger partial charge in [0, 0.05) is 18.3 Å². The van der Waals surface area contributed by atoms with Gasteiger partial charge in [0.2, 0.25) is 5.91 Å². The molecule has 7 heteroatoms. The number of nitrogens with one attached hydrogen (secondary N) is 1. The Morgan fingerprint density at radius 1 is 1.56 bits per heavy atom. The van der Waals surface area contributed by atoms with Gasteiger partial charge in [-0.25, -0.2) is 14.8 Å². The van der Waals surface area contributed by atoms with Gasteiger partial charge in [-0.2, -0.15) is 0 Å². The highest BCUT2D eigenvalue weighted by Gasteiger charge is 2.29. The van der Waals surface area contributed by atoms with E-state index in [9.17, 15) is 9.59 Å². The fourth-order valence-corrected chi connectivity index (χ4v) is 2.34. The Bertz CT molecular complexity index is 460. The normalized spacial score (nSPS) is 15.3. The maximum absolute atomic E-state index is 12.0. The van der Waals surface area contributed by atoms with E-state index in [0.717, 1.165) is 10.7 Å². The summed E-state index contributed by atoms with van der Waals surface area (Å²) in [6, 6.07) is -0.164. The molecular formula is C11H16N4O2S. The van der Waals surface area contributed by atoms with E-state index in [-0.39, 0.29) is 11.9 Å². The van der Waals surface area contributed by atoms with Gasteiger partial charge in [0.05, 0.1) is 23.8 Å². The summed E-state index contributed by atoms with van der Waals surface area (Å²) in [6.07, 6.45) is 0.370. The number of aryl methyl sites for hydroxylation is 1. The lowest BCUT2D eigenvalue weighted by Gasteiger charge is -2.18. The first kappa shape index (κ1) is 12.8. The van der Waals surface area contributed by atoms with Crippen molar-refractivity contribution in [3.63, 3.8) is 0 Å². The molecule has 3 amide bonds. The van der Waals surface area contributed by atoms with Crippen molar-refractivity contribution in [3.8, 4) is 0 Å². The Labute approximate surface area is 110 Å². The molecule has 6 nitrogen and oxygen atoms in total. The summed E-state index contributed by atoms with van der Waals surface area (Å²) in [4.78, 5) is 29.2. The summed E-state index contributed by atoms with van der Waals surface area (Å²) in [5.74, 6) is -0.144. The van der Waals surface area contributed by atoms with E-state index in [4.69, 9.17) is 0 Å². The molecule has 1 aromatic heterocycles. The molecule has 1 saturated heterocycles. The Morgan fingerprint density at radius 3 is 2.94 bits per heavy atom. The molecule has 0 bridgehead atoms. The monoisotopic (exact) mass is 268 g/mol. The number of nitrogens with zero attached hydrogens (tertiary/aromatic N) is 3. The van der Waals surface area contributed by atoms with Gasteiger partial charge in [0.1, 0.15) is 0 Å². The SMILES string of the molecule is CCC(=O)NN1CCN(Cc2csc(C)n2)C1=O. The third-order valence-electron chi connectivity index (χ3n) is 2.70. The lowest BCUT2D eigenvalue weighted by Crippen LogP contribution is -2.44. The zero-order valence-corrected chi connectivity index (χ0v) is 11.3. The molecule has 2 rings (SSSR count). The average Bonchev–Trinajstić information content (AvgIpc) is 2.90. The van der Waals surface area contributed by atoms with Gasteiger partial charge in [-0.15, -0.1) is 11.3 Å². The van der Waals surface area contributed by atoms with Crippen LogP contribution in [0.25, 0.3) is 0 Å². The van der Waals surface area contributed by atoms with Gasteiger partial charge in [0.25, 0.3) is 0 Å². The van der Waals surface area contributed by atoms with Crippen LogP contribution in [0.3, 0.4) is 0 Å². The second kappa shape index (κ2) is 5.34. The molecule has 0 saturated carbocycles. The lowest BCUT2D eigenvalue weighted by atomic mass is 10.4. The van der Waals surface area contributed by atoms with Gasteiger partial charge in [-0.3, -0.25) is 10.2 Å². The number of hydrazine groups is 1. The Morgan fingerprint density at radius 2 is 2.33 bits per heavy atom.